The second kappa shape index (κ2) is 7.15. The summed E-state index contributed by atoms with van der Waals surface area (Å²) in [5.41, 5.74) is 0. The lowest BCUT2D eigenvalue weighted by Gasteiger charge is -2.06. The largest absolute Gasteiger partial charge is 0.478 e. The summed E-state index contributed by atoms with van der Waals surface area (Å²) in [6.07, 6.45) is 4.28. The van der Waals surface area contributed by atoms with Gasteiger partial charge >= 0.3 is 0 Å². The molecule has 0 spiro atoms. The molecule has 0 aromatic carbocycles. The second-order valence-electron chi connectivity index (χ2n) is 3.98. The number of rotatable bonds is 8. The average molecular weight is 273 g/mol. The number of ether oxygens (including phenoxy) is 1. The molecular weight excluding hydrogens is 254 g/mol. The third-order valence-electron chi connectivity index (χ3n) is 2.06. The maximum absolute atomic E-state index is 10.9. The van der Waals surface area contributed by atoms with Crippen molar-refractivity contribution in [2.45, 2.75) is 19.8 Å². The number of nitrogens with zero attached hydrogens (tertiary/aromatic N) is 2. The van der Waals surface area contributed by atoms with Crippen LogP contribution in [-0.2, 0) is 9.84 Å². The summed E-state index contributed by atoms with van der Waals surface area (Å²) < 4.78 is 27.2. The Kier molecular flexibility index (Phi) is 5.84. The van der Waals surface area contributed by atoms with Crippen LogP contribution in [0.25, 0.3) is 0 Å². The lowest BCUT2D eigenvalue weighted by molar-refractivity contribution is 0.305. The Labute approximate surface area is 108 Å². The van der Waals surface area contributed by atoms with Crippen LogP contribution in [0, 0.1) is 0 Å². The number of sulfone groups is 1. The minimum atomic E-state index is -2.90. The summed E-state index contributed by atoms with van der Waals surface area (Å²) >= 11 is 0. The Balaban J connectivity index is 2.38. The molecule has 0 unspecified atom stereocenters. The first-order valence-electron chi connectivity index (χ1n) is 5.88. The molecule has 0 saturated carbocycles. The first kappa shape index (κ1) is 14.7. The van der Waals surface area contributed by atoms with E-state index in [0.29, 0.717) is 31.4 Å². The van der Waals surface area contributed by atoms with E-state index in [0.717, 1.165) is 6.42 Å². The Morgan fingerprint density at radius 2 is 2.22 bits per heavy atom. The highest BCUT2D eigenvalue weighted by atomic mass is 32.2. The van der Waals surface area contributed by atoms with Crippen LogP contribution in [-0.4, -0.2) is 43.5 Å². The SMILES string of the molecule is CCCOc1ccnc(NCCCS(C)(=O)=O)n1. The fourth-order valence-electron chi connectivity index (χ4n) is 1.25. The van der Waals surface area contributed by atoms with E-state index in [1.54, 1.807) is 12.3 Å². The van der Waals surface area contributed by atoms with Gasteiger partial charge in [0.25, 0.3) is 0 Å². The van der Waals surface area contributed by atoms with Crippen molar-refractivity contribution in [1.82, 2.24) is 9.97 Å². The summed E-state index contributed by atoms with van der Waals surface area (Å²) in [4.78, 5) is 8.18. The van der Waals surface area contributed by atoms with Gasteiger partial charge in [-0.1, -0.05) is 6.92 Å². The van der Waals surface area contributed by atoms with Gasteiger partial charge in [0.15, 0.2) is 0 Å². The molecule has 1 aromatic rings. The molecule has 7 heteroatoms. The standard InChI is InChI=1S/C11H19N3O3S/c1-3-8-17-10-5-7-13-11(14-10)12-6-4-9-18(2,15)16/h5,7H,3-4,6,8-9H2,1-2H3,(H,12,13,14). The summed E-state index contributed by atoms with van der Waals surface area (Å²) in [5, 5.41) is 2.97. The molecule has 1 heterocycles. The smallest absolute Gasteiger partial charge is 0.225 e. The second-order valence-corrected chi connectivity index (χ2v) is 6.24. The first-order valence-corrected chi connectivity index (χ1v) is 7.95. The molecule has 0 atom stereocenters. The summed E-state index contributed by atoms with van der Waals surface area (Å²) in [5.74, 6) is 1.14. The van der Waals surface area contributed by atoms with E-state index >= 15 is 0 Å². The van der Waals surface area contributed by atoms with Crippen molar-refractivity contribution in [3.63, 3.8) is 0 Å². The number of nitrogens with one attached hydrogen (secondary N) is 1. The van der Waals surface area contributed by atoms with Gasteiger partial charge in [0, 0.05) is 25.1 Å². The van der Waals surface area contributed by atoms with Gasteiger partial charge in [-0.25, -0.2) is 13.4 Å². The molecular formula is C11H19N3O3S. The van der Waals surface area contributed by atoms with Gasteiger partial charge < -0.3 is 10.1 Å². The van der Waals surface area contributed by atoms with Crippen LogP contribution in [0.1, 0.15) is 19.8 Å². The zero-order chi connectivity index (χ0) is 13.4. The van der Waals surface area contributed by atoms with Crippen molar-refractivity contribution in [2.75, 3.05) is 30.5 Å². The molecule has 1 N–H and O–H groups in total. The molecule has 1 rings (SSSR count). The molecule has 0 fully saturated rings. The van der Waals surface area contributed by atoms with E-state index in [1.807, 2.05) is 6.92 Å². The highest BCUT2D eigenvalue weighted by Crippen LogP contribution is 2.08. The van der Waals surface area contributed by atoms with Crippen LogP contribution in [0.2, 0.25) is 0 Å². The van der Waals surface area contributed by atoms with Gasteiger partial charge in [0.05, 0.1) is 12.4 Å². The van der Waals surface area contributed by atoms with Crippen LogP contribution in [0.15, 0.2) is 12.3 Å². The zero-order valence-corrected chi connectivity index (χ0v) is 11.5. The van der Waals surface area contributed by atoms with Crippen LogP contribution in [0.5, 0.6) is 5.88 Å². The van der Waals surface area contributed by atoms with Gasteiger partial charge in [-0.3, -0.25) is 0 Å². The summed E-state index contributed by atoms with van der Waals surface area (Å²) in [6.45, 7) is 3.15. The zero-order valence-electron chi connectivity index (χ0n) is 10.7. The Morgan fingerprint density at radius 3 is 2.89 bits per heavy atom. The molecule has 0 radical (unpaired) electrons. The van der Waals surface area contributed by atoms with Gasteiger partial charge in [-0.15, -0.1) is 0 Å². The fraction of sp³-hybridized carbons (Fsp3) is 0.636. The predicted molar refractivity (Wildman–Crippen MR) is 70.6 cm³/mol. The summed E-state index contributed by atoms with van der Waals surface area (Å²) in [7, 11) is -2.90. The van der Waals surface area contributed by atoms with Crippen molar-refractivity contribution in [3.05, 3.63) is 12.3 Å². The van der Waals surface area contributed by atoms with Crippen LogP contribution < -0.4 is 10.1 Å². The molecule has 0 bridgehead atoms. The van der Waals surface area contributed by atoms with Crippen LogP contribution in [0.4, 0.5) is 5.95 Å². The normalized spacial score (nSPS) is 11.2. The lowest BCUT2D eigenvalue weighted by Crippen LogP contribution is -2.11. The van der Waals surface area contributed by atoms with E-state index in [4.69, 9.17) is 4.74 Å². The van der Waals surface area contributed by atoms with Gasteiger partial charge in [-0.2, -0.15) is 4.98 Å². The quantitative estimate of drug-likeness (QED) is 0.715. The highest BCUT2D eigenvalue weighted by Gasteiger charge is 2.02. The van der Waals surface area contributed by atoms with Crippen molar-refractivity contribution in [2.24, 2.45) is 0 Å². The van der Waals surface area contributed by atoms with E-state index in [1.165, 1.54) is 6.26 Å². The molecule has 102 valence electrons. The topological polar surface area (TPSA) is 81.2 Å². The number of hydrogen-bond donors (Lipinski definition) is 1. The minimum absolute atomic E-state index is 0.159. The Hall–Kier alpha value is -1.37. The summed E-state index contributed by atoms with van der Waals surface area (Å²) in [6, 6.07) is 1.69. The van der Waals surface area contributed by atoms with E-state index in [2.05, 4.69) is 15.3 Å². The molecule has 18 heavy (non-hydrogen) atoms. The van der Waals surface area contributed by atoms with Crippen molar-refractivity contribution < 1.29 is 13.2 Å². The average Bonchev–Trinajstić information content (AvgIpc) is 2.31. The van der Waals surface area contributed by atoms with E-state index in [9.17, 15) is 8.42 Å². The molecule has 0 amide bonds. The number of hydrogen-bond acceptors (Lipinski definition) is 6. The third-order valence-corrected chi connectivity index (χ3v) is 3.09. The lowest BCUT2D eigenvalue weighted by atomic mass is 10.5. The Bertz CT molecular complexity index is 462. The fourth-order valence-corrected chi connectivity index (χ4v) is 1.92. The van der Waals surface area contributed by atoms with Gasteiger partial charge in [0.1, 0.15) is 9.84 Å². The monoisotopic (exact) mass is 273 g/mol. The van der Waals surface area contributed by atoms with Crippen molar-refractivity contribution >= 4 is 15.8 Å². The minimum Gasteiger partial charge on any atom is -0.478 e. The maximum Gasteiger partial charge on any atom is 0.225 e. The van der Waals surface area contributed by atoms with E-state index in [-0.39, 0.29) is 5.75 Å². The molecule has 0 aliphatic carbocycles. The van der Waals surface area contributed by atoms with Gasteiger partial charge in [-0.05, 0) is 12.8 Å². The van der Waals surface area contributed by atoms with E-state index < -0.39 is 9.84 Å². The maximum atomic E-state index is 10.9. The van der Waals surface area contributed by atoms with Crippen LogP contribution in [0.3, 0.4) is 0 Å². The first-order chi connectivity index (χ1) is 8.51. The third kappa shape index (κ3) is 6.39. The molecule has 0 aliphatic heterocycles. The predicted octanol–water partition coefficient (Wildman–Crippen LogP) is 1.11. The highest BCUT2D eigenvalue weighted by molar-refractivity contribution is 7.90. The van der Waals surface area contributed by atoms with Crippen LogP contribution >= 0.6 is 0 Å². The molecule has 1 aromatic heterocycles. The number of aromatic nitrogens is 2. The molecule has 0 aliphatic rings. The Morgan fingerprint density at radius 1 is 1.44 bits per heavy atom. The molecule has 0 saturated heterocycles. The van der Waals surface area contributed by atoms with Crippen molar-refractivity contribution in [1.29, 1.82) is 0 Å². The van der Waals surface area contributed by atoms with Crippen molar-refractivity contribution in [3.8, 4) is 5.88 Å². The van der Waals surface area contributed by atoms with Gasteiger partial charge in [0.2, 0.25) is 11.8 Å². The molecule has 6 nitrogen and oxygen atoms in total. The number of anilines is 1.